The molecule has 2 rings (SSSR count). The molecule has 1 aliphatic heterocycles. The smallest absolute Gasteiger partial charge is 0.122 e. The van der Waals surface area contributed by atoms with Gasteiger partial charge in [-0.2, -0.15) is 0 Å². The van der Waals surface area contributed by atoms with Gasteiger partial charge < -0.3 is 15.0 Å². The highest BCUT2D eigenvalue weighted by Crippen LogP contribution is 2.26. The van der Waals surface area contributed by atoms with Crippen molar-refractivity contribution in [1.82, 2.24) is 10.2 Å². The zero-order valence-corrected chi connectivity index (χ0v) is 11.7. The van der Waals surface area contributed by atoms with Gasteiger partial charge >= 0.3 is 0 Å². The summed E-state index contributed by atoms with van der Waals surface area (Å²) in [5.41, 5.74) is 2.69. The molecule has 18 heavy (non-hydrogen) atoms. The first-order valence-corrected chi connectivity index (χ1v) is 6.83. The van der Waals surface area contributed by atoms with Gasteiger partial charge in [-0.3, -0.25) is 0 Å². The lowest BCUT2D eigenvalue weighted by Gasteiger charge is -2.18. The molecule has 0 amide bonds. The lowest BCUT2D eigenvalue weighted by Crippen LogP contribution is -2.25. The number of nitrogens with one attached hydrogen (secondary N) is 1. The number of aryl methyl sites for hydroxylation is 1. The first kappa shape index (κ1) is 13.4. The van der Waals surface area contributed by atoms with E-state index in [1.165, 1.54) is 17.5 Å². The van der Waals surface area contributed by atoms with Crippen molar-refractivity contribution in [2.75, 3.05) is 33.8 Å². The molecule has 1 atom stereocenters. The Bertz CT molecular complexity index is 392. The lowest BCUT2D eigenvalue weighted by molar-refractivity contribution is 0.355. The quantitative estimate of drug-likeness (QED) is 0.887. The zero-order valence-electron chi connectivity index (χ0n) is 11.7. The maximum atomic E-state index is 5.39. The number of benzene rings is 1. The monoisotopic (exact) mass is 248 g/mol. The predicted molar refractivity (Wildman–Crippen MR) is 75.2 cm³/mol. The van der Waals surface area contributed by atoms with Crippen molar-refractivity contribution in [2.24, 2.45) is 0 Å². The molecule has 0 aromatic heterocycles. The Morgan fingerprint density at radius 3 is 2.94 bits per heavy atom. The van der Waals surface area contributed by atoms with Gasteiger partial charge in [0.2, 0.25) is 0 Å². The van der Waals surface area contributed by atoms with Crippen molar-refractivity contribution in [3.63, 3.8) is 0 Å². The highest BCUT2D eigenvalue weighted by atomic mass is 16.5. The van der Waals surface area contributed by atoms with Crippen LogP contribution in [0.2, 0.25) is 0 Å². The van der Waals surface area contributed by atoms with E-state index in [2.05, 4.69) is 42.4 Å². The van der Waals surface area contributed by atoms with E-state index in [-0.39, 0.29) is 0 Å². The maximum absolute atomic E-state index is 5.39. The molecule has 0 bridgehead atoms. The molecular formula is C15H24N2O. The summed E-state index contributed by atoms with van der Waals surface area (Å²) >= 11 is 0. The molecule has 3 heteroatoms. The molecular weight excluding hydrogens is 224 g/mol. The van der Waals surface area contributed by atoms with Crippen LogP contribution in [0.4, 0.5) is 0 Å². The second kappa shape index (κ2) is 6.21. The van der Waals surface area contributed by atoms with Crippen molar-refractivity contribution in [2.45, 2.75) is 25.8 Å². The van der Waals surface area contributed by atoms with E-state index in [4.69, 9.17) is 4.74 Å². The van der Waals surface area contributed by atoms with E-state index in [0.29, 0.717) is 6.04 Å². The minimum Gasteiger partial charge on any atom is -0.496 e. The summed E-state index contributed by atoms with van der Waals surface area (Å²) in [6.07, 6.45) is 2.19. The fourth-order valence-corrected chi connectivity index (χ4v) is 2.57. The maximum Gasteiger partial charge on any atom is 0.122 e. The summed E-state index contributed by atoms with van der Waals surface area (Å²) < 4.78 is 5.39. The Morgan fingerprint density at radius 2 is 2.22 bits per heavy atom. The van der Waals surface area contributed by atoms with E-state index in [1.54, 1.807) is 7.11 Å². The summed E-state index contributed by atoms with van der Waals surface area (Å²) in [7, 11) is 3.93. The van der Waals surface area contributed by atoms with Gasteiger partial charge in [-0.15, -0.1) is 0 Å². The van der Waals surface area contributed by atoms with Crippen LogP contribution in [0.15, 0.2) is 18.2 Å². The second-order valence-electron chi connectivity index (χ2n) is 5.02. The third-order valence-electron chi connectivity index (χ3n) is 3.77. The Kier molecular flexibility index (Phi) is 4.61. The van der Waals surface area contributed by atoms with Crippen LogP contribution in [0.3, 0.4) is 0 Å². The van der Waals surface area contributed by atoms with Gasteiger partial charge in [0.1, 0.15) is 5.75 Å². The summed E-state index contributed by atoms with van der Waals surface area (Å²) in [5, 5.41) is 3.63. The minimum absolute atomic E-state index is 0.478. The molecule has 0 spiro atoms. The van der Waals surface area contributed by atoms with Crippen LogP contribution in [-0.4, -0.2) is 38.7 Å². The van der Waals surface area contributed by atoms with Crippen LogP contribution >= 0.6 is 0 Å². The molecule has 1 aliphatic rings. The number of hydrogen-bond donors (Lipinski definition) is 1. The van der Waals surface area contributed by atoms with Crippen molar-refractivity contribution in [3.05, 3.63) is 29.3 Å². The molecule has 1 saturated heterocycles. The normalized spacial score (nSPS) is 21.6. The molecule has 1 fully saturated rings. The summed E-state index contributed by atoms with van der Waals surface area (Å²) in [4.78, 5) is 2.39. The van der Waals surface area contributed by atoms with E-state index < -0.39 is 0 Å². The molecule has 0 aliphatic carbocycles. The van der Waals surface area contributed by atoms with Gasteiger partial charge in [0.15, 0.2) is 0 Å². The van der Waals surface area contributed by atoms with Gasteiger partial charge in [-0.1, -0.05) is 19.1 Å². The molecule has 1 N–H and O–H groups in total. The predicted octanol–water partition coefficient (Wildman–Crippen LogP) is 2.22. The molecule has 0 saturated carbocycles. The summed E-state index contributed by atoms with van der Waals surface area (Å²) in [6.45, 7) is 5.53. The first-order valence-electron chi connectivity index (χ1n) is 6.83. The van der Waals surface area contributed by atoms with Crippen molar-refractivity contribution < 1.29 is 4.74 Å². The van der Waals surface area contributed by atoms with Crippen molar-refractivity contribution >= 4 is 0 Å². The van der Waals surface area contributed by atoms with Crippen molar-refractivity contribution in [3.8, 4) is 5.75 Å². The lowest BCUT2D eigenvalue weighted by atomic mass is 9.99. The topological polar surface area (TPSA) is 24.5 Å². The number of hydrogen-bond acceptors (Lipinski definition) is 3. The van der Waals surface area contributed by atoms with E-state index >= 15 is 0 Å². The summed E-state index contributed by atoms with van der Waals surface area (Å²) in [6, 6.07) is 7.07. The van der Waals surface area contributed by atoms with Gasteiger partial charge in [0.05, 0.1) is 7.11 Å². The Balaban J connectivity index is 2.17. The molecule has 1 heterocycles. The van der Waals surface area contributed by atoms with E-state index in [9.17, 15) is 0 Å². The van der Waals surface area contributed by atoms with Crippen LogP contribution < -0.4 is 10.1 Å². The van der Waals surface area contributed by atoms with Gasteiger partial charge in [0, 0.05) is 19.1 Å². The van der Waals surface area contributed by atoms with Crippen molar-refractivity contribution in [1.29, 1.82) is 0 Å². The Hall–Kier alpha value is -1.06. The van der Waals surface area contributed by atoms with Gasteiger partial charge in [-0.05, 0) is 43.6 Å². The summed E-state index contributed by atoms with van der Waals surface area (Å²) in [5.74, 6) is 1.01. The second-order valence-corrected chi connectivity index (χ2v) is 5.02. The van der Waals surface area contributed by atoms with Crippen LogP contribution in [-0.2, 0) is 6.42 Å². The minimum atomic E-state index is 0.478. The van der Waals surface area contributed by atoms with E-state index in [0.717, 1.165) is 31.8 Å². The fourth-order valence-electron chi connectivity index (χ4n) is 2.57. The van der Waals surface area contributed by atoms with E-state index in [1.807, 2.05) is 0 Å². The highest BCUT2D eigenvalue weighted by Gasteiger charge is 2.16. The van der Waals surface area contributed by atoms with Gasteiger partial charge in [-0.25, -0.2) is 0 Å². The number of methoxy groups -OCH3 is 1. The molecule has 1 aromatic rings. The molecule has 3 nitrogen and oxygen atoms in total. The Labute approximate surface area is 110 Å². The third kappa shape index (κ3) is 3.03. The molecule has 1 aromatic carbocycles. The van der Waals surface area contributed by atoms with Gasteiger partial charge in [0.25, 0.3) is 0 Å². The first-order chi connectivity index (χ1) is 8.74. The molecule has 1 unspecified atom stereocenters. The molecule has 100 valence electrons. The number of nitrogens with zero attached hydrogens (tertiary/aromatic N) is 1. The van der Waals surface area contributed by atoms with Crippen LogP contribution in [0.1, 0.15) is 30.5 Å². The zero-order chi connectivity index (χ0) is 13.0. The SMILES string of the molecule is CCc1cc(C2CCN(C)CCN2)ccc1OC. The van der Waals surface area contributed by atoms with Crippen LogP contribution in [0.5, 0.6) is 5.75 Å². The largest absolute Gasteiger partial charge is 0.496 e. The highest BCUT2D eigenvalue weighted by molar-refractivity contribution is 5.38. The van der Waals surface area contributed by atoms with Crippen LogP contribution in [0, 0.1) is 0 Å². The third-order valence-corrected chi connectivity index (χ3v) is 3.77. The number of rotatable bonds is 3. The number of ether oxygens (including phenoxy) is 1. The average Bonchev–Trinajstić information content (AvgIpc) is 2.62. The molecule has 0 radical (unpaired) electrons. The number of likely N-dealkylation sites (N-methyl/N-ethyl adjacent to an activating group) is 1. The average molecular weight is 248 g/mol. The fraction of sp³-hybridized carbons (Fsp3) is 0.600. The standard InChI is InChI=1S/C15H24N2O/c1-4-12-11-13(5-6-15(12)18-3)14-7-9-17(2)10-8-16-14/h5-6,11,14,16H,4,7-10H2,1-3H3. The van der Waals surface area contributed by atoms with Crippen LogP contribution in [0.25, 0.3) is 0 Å². The Morgan fingerprint density at radius 1 is 1.39 bits per heavy atom.